The summed E-state index contributed by atoms with van der Waals surface area (Å²) in [5.41, 5.74) is 1.61. The van der Waals surface area contributed by atoms with Crippen molar-refractivity contribution in [3.63, 3.8) is 0 Å². The number of nitrogens with zero attached hydrogens (tertiary/aromatic N) is 1. The molecule has 72 heavy (non-hydrogen) atoms. The highest BCUT2D eigenvalue weighted by molar-refractivity contribution is 7.84. The molecule has 0 unspecified atom stereocenters. The lowest BCUT2D eigenvalue weighted by Gasteiger charge is -2.41. The number of ketones is 1. The highest BCUT2D eigenvalue weighted by Crippen LogP contribution is 2.31. The summed E-state index contributed by atoms with van der Waals surface area (Å²) >= 11 is 0. The van der Waals surface area contributed by atoms with E-state index in [0.29, 0.717) is 62.2 Å². The Hall–Kier alpha value is -6.17. The number of ether oxygens (including phenoxy) is 4. The van der Waals surface area contributed by atoms with Crippen LogP contribution in [0.2, 0.25) is 0 Å². The molecule has 2 fully saturated rings. The van der Waals surface area contributed by atoms with Gasteiger partial charge in [0.25, 0.3) is 5.91 Å². The lowest BCUT2D eigenvalue weighted by Crippen LogP contribution is -2.61. The van der Waals surface area contributed by atoms with E-state index in [1.165, 1.54) is 6.92 Å². The van der Waals surface area contributed by atoms with Crippen LogP contribution in [0.25, 0.3) is 0 Å². The number of rotatable bonds is 25. The number of amides is 4. The van der Waals surface area contributed by atoms with Gasteiger partial charge >= 0.3 is 5.97 Å². The van der Waals surface area contributed by atoms with Gasteiger partial charge < -0.3 is 49.3 Å². The van der Waals surface area contributed by atoms with Crippen LogP contribution in [0.1, 0.15) is 77.5 Å². The number of nitrogens with one attached hydrogen (secondary N) is 4. The number of hydrogen-bond donors (Lipinski definition) is 4. The van der Waals surface area contributed by atoms with E-state index in [1.807, 2.05) is 94.4 Å². The molecule has 3 aromatic carbocycles. The zero-order valence-electron chi connectivity index (χ0n) is 42.4. The van der Waals surface area contributed by atoms with Crippen LogP contribution in [0.3, 0.4) is 0 Å². The fourth-order valence-electron chi connectivity index (χ4n) is 8.28. The van der Waals surface area contributed by atoms with Gasteiger partial charge in [0, 0.05) is 25.2 Å². The molecule has 0 spiro atoms. The molecule has 2 saturated heterocycles. The predicted molar refractivity (Wildman–Crippen MR) is 268 cm³/mol. The Labute approximate surface area is 424 Å². The fourth-order valence-corrected chi connectivity index (χ4v) is 8.28. The summed E-state index contributed by atoms with van der Waals surface area (Å²) in [6.45, 7) is 13.3. The van der Waals surface area contributed by atoms with E-state index in [-0.39, 0.29) is 68.3 Å². The van der Waals surface area contributed by atoms with Crippen LogP contribution in [0.4, 0.5) is 0 Å². The Bertz CT molecular complexity index is 2440. The van der Waals surface area contributed by atoms with Crippen molar-refractivity contribution in [2.24, 2.45) is 11.8 Å². The quantitative estimate of drug-likeness (QED) is 0.0238. The van der Waals surface area contributed by atoms with Gasteiger partial charge in [-0.1, -0.05) is 94.3 Å². The lowest BCUT2D eigenvalue weighted by atomic mass is 9.93. The van der Waals surface area contributed by atoms with E-state index in [0.717, 1.165) is 16.7 Å². The first kappa shape index (κ1) is 58.4. The van der Waals surface area contributed by atoms with E-state index in [1.54, 1.807) is 19.1 Å². The van der Waals surface area contributed by atoms with Gasteiger partial charge in [0.1, 0.15) is 50.0 Å². The van der Waals surface area contributed by atoms with Crippen molar-refractivity contribution in [2.75, 3.05) is 52.3 Å². The molecule has 0 aromatic heterocycles. The molecule has 2 aliphatic heterocycles. The molecule has 18 nitrogen and oxygen atoms in total. The van der Waals surface area contributed by atoms with Crippen molar-refractivity contribution in [1.82, 2.24) is 21.3 Å². The monoisotopic (exact) mass is 1020 g/mol. The first-order chi connectivity index (χ1) is 34.0. The third-order valence-corrected chi connectivity index (χ3v) is 11.9. The van der Waals surface area contributed by atoms with Crippen molar-refractivity contribution < 1.29 is 65.2 Å². The first-order valence-electron chi connectivity index (χ1n) is 24.2. The standard InChI is InChI=1S/C52H67N5O10.CH4O3S/c1-8-25-65-46-31-40(20-22-45(46)67-37(6)58)32-57(23-26-64-27-24-57)33-47(59)53-41(21-19-38-15-11-9-12-16-38)49(61)55-43(29-36(4)5)50(62)56-44(30-39-17-13-10-14-18-39)51(63)54-42(28-35(2)3)48(60)52(7)34-66-52;1-5(2,3)4/h1,9-18,20,22,31,35-36,41-44H,19,21,23-30,32-34H2,2-7H3,(H3-,53,54,55,56,59,61,62,63);1H3,(H,2,3,4)/t41-,42-,43-,44-,52+;/m0./s1. The first-order valence-corrected chi connectivity index (χ1v) is 26.0. The number of hydrogen-bond acceptors (Lipinski definition) is 13. The fraction of sp³-hybridized carbons (Fsp3) is 0.509. The van der Waals surface area contributed by atoms with Crippen LogP contribution in [-0.2, 0) is 67.7 Å². The van der Waals surface area contributed by atoms with Crippen LogP contribution < -0.4 is 30.7 Å². The smallest absolute Gasteiger partial charge is 0.308 e. The highest BCUT2D eigenvalue weighted by atomic mass is 32.2. The Morgan fingerprint density at radius 3 is 1.85 bits per heavy atom. The van der Waals surface area contributed by atoms with Crippen molar-refractivity contribution in [2.45, 2.75) is 110 Å². The van der Waals surface area contributed by atoms with Gasteiger partial charge in [0.15, 0.2) is 23.8 Å². The van der Waals surface area contributed by atoms with Gasteiger partial charge in [-0.25, -0.2) is 8.42 Å². The van der Waals surface area contributed by atoms with Gasteiger partial charge in [-0.15, -0.1) is 6.42 Å². The largest absolute Gasteiger partial charge is 0.748 e. The maximum absolute atomic E-state index is 14.5. The molecule has 0 saturated carbocycles. The number of epoxide rings is 1. The SMILES string of the molecule is C#CCOc1cc(C[N+]2(CC(=O)N[C@@H](CCc3ccccc3)C(=O)N[C@@H](CC(C)C)C(=O)N[C@@H](Cc3ccccc3)C(=O)N[C@@H](CC(C)C)C(=O)[C@@]3(C)CO3)CCOCC2)ccc1OC(C)=O.CS(=O)(=O)[O-]. The van der Waals surface area contributed by atoms with E-state index in [4.69, 9.17) is 38.3 Å². The lowest BCUT2D eigenvalue weighted by molar-refractivity contribution is -0.940. The molecule has 392 valence electrons. The number of morpholine rings is 1. The molecule has 0 bridgehead atoms. The number of terminal acetylenes is 1. The van der Waals surface area contributed by atoms with E-state index in [2.05, 4.69) is 27.2 Å². The number of benzene rings is 3. The third kappa shape index (κ3) is 20.5. The minimum Gasteiger partial charge on any atom is -0.748 e. The highest BCUT2D eigenvalue weighted by Gasteiger charge is 2.50. The van der Waals surface area contributed by atoms with Crippen LogP contribution in [0.5, 0.6) is 11.5 Å². The molecule has 4 amide bonds. The number of aryl methyl sites for hydroxylation is 1. The summed E-state index contributed by atoms with van der Waals surface area (Å²) in [7, 11) is -3.92. The minimum atomic E-state index is -3.92. The number of Topliss-reactive ketones (excluding diaryl/α,β-unsaturated/α-hetero) is 1. The summed E-state index contributed by atoms with van der Waals surface area (Å²) in [5, 5.41) is 11.8. The molecule has 5 rings (SSSR count). The normalized spacial score (nSPS) is 17.6. The summed E-state index contributed by atoms with van der Waals surface area (Å²) in [6, 6.07) is 20.0. The second kappa shape index (κ2) is 27.6. The second-order valence-electron chi connectivity index (χ2n) is 19.4. The molecular weight excluding hydrogens is 947 g/mol. The van der Waals surface area contributed by atoms with Gasteiger partial charge in [-0.3, -0.25) is 28.8 Å². The summed E-state index contributed by atoms with van der Waals surface area (Å²) < 4.78 is 49.8. The molecular formula is C53H71N5O13S. The Morgan fingerprint density at radius 2 is 1.29 bits per heavy atom. The Morgan fingerprint density at radius 1 is 0.764 bits per heavy atom. The second-order valence-corrected chi connectivity index (χ2v) is 20.9. The maximum atomic E-state index is 14.5. The van der Waals surface area contributed by atoms with Crippen molar-refractivity contribution >= 4 is 45.5 Å². The zero-order chi connectivity index (χ0) is 53.1. The maximum Gasteiger partial charge on any atom is 0.308 e. The number of esters is 1. The van der Waals surface area contributed by atoms with Crippen molar-refractivity contribution in [3.8, 4) is 23.8 Å². The van der Waals surface area contributed by atoms with E-state index < -0.39 is 63.6 Å². The topological polar surface area (TPSA) is 248 Å². The van der Waals surface area contributed by atoms with Gasteiger partial charge in [-0.2, -0.15) is 0 Å². The summed E-state index contributed by atoms with van der Waals surface area (Å²) in [5.74, 6) is 0.255. The molecule has 0 aliphatic carbocycles. The van der Waals surface area contributed by atoms with E-state index in [9.17, 15) is 28.8 Å². The zero-order valence-corrected chi connectivity index (χ0v) is 43.2. The Balaban J connectivity index is 0.00000214. The molecule has 0 radical (unpaired) electrons. The van der Waals surface area contributed by atoms with Crippen molar-refractivity contribution in [1.29, 1.82) is 0 Å². The average Bonchev–Trinajstić information content (AvgIpc) is 4.07. The molecule has 2 heterocycles. The van der Waals surface area contributed by atoms with Crippen LogP contribution in [0.15, 0.2) is 78.9 Å². The van der Waals surface area contributed by atoms with Crippen LogP contribution in [-0.4, -0.2) is 135 Å². The van der Waals surface area contributed by atoms with Crippen molar-refractivity contribution in [3.05, 3.63) is 95.6 Å². The minimum absolute atomic E-state index is 0.0164. The van der Waals surface area contributed by atoms with Gasteiger partial charge in [0.2, 0.25) is 17.7 Å². The summed E-state index contributed by atoms with van der Waals surface area (Å²) in [6.07, 6.45) is 7.52. The molecule has 3 aromatic rings. The number of carbonyl (C=O) groups excluding carboxylic acids is 6. The number of quaternary nitrogens is 1. The predicted octanol–water partition coefficient (Wildman–Crippen LogP) is 3.40. The van der Waals surface area contributed by atoms with Crippen LogP contribution in [0, 0.1) is 24.2 Å². The van der Waals surface area contributed by atoms with E-state index >= 15 is 0 Å². The molecule has 19 heteroatoms. The molecule has 2 aliphatic rings. The van der Waals surface area contributed by atoms with Gasteiger partial charge in [-0.05, 0) is 73.8 Å². The average molecular weight is 1020 g/mol. The number of carbonyl (C=O) groups is 6. The summed E-state index contributed by atoms with van der Waals surface area (Å²) in [4.78, 5) is 82.6. The Kier molecular flexibility index (Phi) is 22.4. The molecule has 5 atom stereocenters. The third-order valence-electron chi connectivity index (χ3n) is 11.9. The van der Waals surface area contributed by atoms with Gasteiger partial charge in [0.05, 0.1) is 36.0 Å². The van der Waals surface area contributed by atoms with Crippen LogP contribution >= 0.6 is 0 Å². The molecule has 4 N–H and O–H groups in total.